The molecule has 0 aliphatic carbocycles. The van der Waals surface area contributed by atoms with Crippen molar-refractivity contribution < 1.29 is 57.2 Å². The second kappa shape index (κ2) is 42.5. The Labute approximate surface area is 267 Å². The van der Waals surface area contributed by atoms with Crippen LogP contribution in [0.4, 0.5) is 0 Å². The first-order valence-corrected chi connectivity index (χ1v) is 16.9. The molecule has 12 heteroatoms. The van der Waals surface area contributed by atoms with E-state index in [1.807, 2.05) is 0 Å². The van der Waals surface area contributed by atoms with Crippen LogP contribution >= 0.6 is 0 Å². The van der Waals surface area contributed by atoms with Gasteiger partial charge in [-0.1, -0.05) is 51.9 Å². The summed E-state index contributed by atoms with van der Waals surface area (Å²) in [5.41, 5.74) is 0. The molecular formula is C32H66O12. The van der Waals surface area contributed by atoms with Crippen molar-refractivity contribution in [2.45, 2.75) is 58.3 Å². The molecule has 12 nitrogen and oxygen atoms in total. The highest BCUT2D eigenvalue weighted by Crippen LogP contribution is 2.08. The van der Waals surface area contributed by atoms with Gasteiger partial charge >= 0.3 is 0 Å². The highest BCUT2D eigenvalue weighted by molar-refractivity contribution is 4.46. The average molecular weight is 643 g/mol. The first-order chi connectivity index (χ1) is 21.9. The molecule has 0 radical (unpaired) electrons. The molecule has 0 amide bonds. The van der Waals surface area contributed by atoms with E-state index in [2.05, 4.69) is 6.92 Å². The third-order valence-corrected chi connectivity index (χ3v) is 6.10. The van der Waals surface area contributed by atoms with E-state index in [1.54, 1.807) is 0 Å². The van der Waals surface area contributed by atoms with Crippen LogP contribution in [0.3, 0.4) is 0 Å². The van der Waals surface area contributed by atoms with Crippen LogP contribution in [-0.2, 0) is 52.1 Å². The smallest absolute Gasteiger partial charge is 0.0701 e. The molecule has 0 rings (SSSR count). The molecule has 0 heterocycles. The van der Waals surface area contributed by atoms with E-state index in [-0.39, 0.29) is 6.61 Å². The second-order valence-corrected chi connectivity index (χ2v) is 9.93. The molecular weight excluding hydrogens is 576 g/mol. The monoisotopic (exact) mass is 642 g/mol. The molecule has 0 saturated heterocycles. The van der Waals surface area contributed by atoms with Crippen LogP contribution in [0.15, 0.2) is 0 Å². The van der Waals surface area contributed by atoms with E-state index >= 15 is 0 Å². The number of unbranched alkanes of at least 4 members (excludes halogenated alkanes) is 7. The number of aliphatic hydroxyl groups is 1. The molecule has 0 bridgehead atoms. The van der Waals surface area contributed by atoms with Gasteiger partial charge in [0.1, 0.15) is 0 Å². The summed E-state index contributed by atoms with van der Waals surface area (Å²) in [6, 6.07) is 0. The van der Waals surface area contributed by atoms with Gasteiger partial charge in [-0.2, -0.15) is 0 Å². The molecule has 0 fully saturated rings. The van der Waals surface area contributed by atoms with Crippen LogP contribution < -0.4 is 0 Å². The fourth-order valence-corrected chi connectivity index (χ4v) is 3.70. The van der Waals surface area contributed by atoms with Crippen LogP contribution in [0.2, 0.25) is 0 Å². The topological polar surface area (TPSA) is 122 Å². The minimum Gasteiger partial charge on any atom is -0.394 e. The lowest BCUT2D eigenvalue weighted by molar-refractivity contribution is -0.0278. The van der Waals surface area contributed by atoms with Crippen LogP contribution in [0.25, 0.3) is 0 Å². The Balaban J connectivity index is 3.03. The minimum absolute atomic E-state index is 0.0285. The normalized spacial score (nSPS) is 11.6. The first kappa shape index (κ1) is 43.5. The van der Waals surface area contributed by atoms with Gasteiger partial charge < -0.3 is 57.2 Å². The Bertz CT molecular complexity index is 448. The van der Waals surface area contributed by atoms with E-state index in [1.165, 1.54) is 44.9 Å². The Morgan fingerprint density at radius 2 is 0.455 bits per heavy atom. The predicted molar refractivity (Wildman–Crippen MR) is 169 cm³/mol. The standard InChI is InChI=1S/C32H66O12/c1-2-3-4-5-6-7-8-9-11-34-13-15-36-17-19-38-21-23-40-25-27-42-29-31-44-32-30-43-28-26-41-24-22-39-20-18-37-16-14-35-12-10-33/h33H,2-32H2,1H3. The summed E-state index contributed by atoms with van der Waals surface area (Å²) in [5.74, 6) is 0. The average Bonchev–Trinajstić information content (AvgIpc) is 3.04. The molecule has 44 heavy (non-hydrogen) atoms. The van der Waals surface area contributed by atoms with Crippen molar-refractivity contribution in [2.75, 3.05) is 152 Å². The van der Waals surface area contributed by atoms with E-state index < -0.39 is 0 Å². The number of rotatable bonds is 41. The zero-order valence-corrected chi connectivity index (χ0v) is 27.9. The van der Waals surface area contributed by atoms with Gasteiger partial charge in [-0.25, -0.2) is 0 Å². The lowest BCUT2D eigenvalue weighted by Gasteiger charge is -2.09. The van der Waals surface area contributed by atoms with Gasteiger partial charge in [0.15, 0.2) is 0 Å². The van der Waals surface area contributed by atoms with Gasteiger partial charge in [-0.3, -0.25) is 0 Å². The van der Waals surface area contributed by atoms with Crippen molar-refractivity contribution in [1.29, 1.82) is 0 Å². The van der Waals surface area contributed by atoms with Gasteiger partial charge in [0.05, 0.1) is 145 Å². The summed E-state index contributed by atoms with van der Waals surface area (Å²) in [7, 11) is 0. The predicted octanol–water partition coefficient (Wildman–Crippen LogP) is 3.30. The first-order valence-electron chi connectivity index (χ1n) is 16.9. The maximum atomic E-state index is 8.58. The molecule has 0 aromatic carbocycles. The second-order valence-electron chi connectivity index (χ2n) is 9.93. The van der Waals surface area contributed by atoms with Crippen molar-refractivity contribution in [3.05, 3.63) is 0 Å². The summed E-state index contributed by atoms with van der Waals surface area (Å²) >= 11 is 0. The molecule has 0 aliphatic rings. The third-order valence-electron chi connectivity index (χ3n) is 6.10. The maximum absolute atomic E-state index is 8.58. The van der Waals surface area contributed by atoms with E-state index in [0.717, 1.165) is 13.0 Å². The van der Waals surface area contributed by atoms with Crippen molar-refractivity contribution in [1.82, 2.24) is 0 Å². The fraction of sp³-hybridized carbons (Fsp3) is 1.00. The quantitative estimate of drug-likeness (QED) is 0.0985. The summed E-state index contributed by atoms with van der Waals surface area (Å²) in [4.78, 5) is 0. The van der Waals surface area contributed by atoms with E-state index in [0.29, 0.717) is 139 Å². The zero-order valence-electron chi connectivity index (χ0n) is 27.9. The molecule has 0 aromatic heterocycles. The largest absolute Gasteiger partial charge is 0.394 e. The number of ether oxygens (including phenoxy) is 11. The van der Waals surface area contributed by atoms with Gasteiger partial charge in [-0.15, -0.1) is 0 Å². The SMILES string of the molecule is CCCCCCCCCCOCCOCCOCCOCCOCCOCCOCCOCCOCCOCCOCCO. The number of hydrogen-bond donors (Lipinski definition) is 1. The van der Waals surface area contributed by atoms with Gasteiger partial charge in [0.2, 0.25) is 0 Å². The van der Waals surface area contributed by atoms with E-state index in [4.69, 9.17) is 57.2 Å². The van der Waals surface area contributed by atoms with Crippen molar-refractivity contribution in [2.24, 2.45) is 0 Å². The van der Waals surface area contributed by atoms with Crippen molar-refractivity contribution in [3.8, 4) is 0 Å². The summed E-state index contributed by atoms with van der Waals surface area (Å²) < 4.78 is 59.8. The van der Waals surface area contributed by atoms with Crippen LogP contribution in [0.1, 0.15) is 58.3 Å². The molecule has 0 saturated carbocycles. The summed E-state index contributed by atoms with van der Waals surface area (Å²) in [5, 5.41) is 8.58. The van der Waals surface area contributed by atoms with Crippen molar-refractivity contribution in [3.63, 3.8) is 0 Å². The van der Waals surface area contributed by atoms with Crippen LogP contribution in [0.5, 0.6) is 0 Å². The Kier molecular flexibility index (Phi) is 42.1. The number of aliphatic hydroxyl groups excluding tert-OH is 1. The highest BCUT2D eigenvalue weighted by atomic mass is 16.6. The molecule has 266 valence electrons. The molecule has 0 atom stereocenters. The minimum atomic E-state index is 0.0285. The fourth-order valence-electron chi connectivity index (χ4n) is 3.70. The lowest BCUT2D eigenvalue weighted by Crippen LogP contribution is -2.15. The van der Waals surface area contributed by atoms with Crippen molar-refractivity contribution >= 4 is 0 Å². The Hall–Kier alpha value is -0.480. The number of hydrogen-bond acceptors (Lipinski definition) is 12. The summed E-state index contributed by atoms with van der Waals surface area (Å²) in [6.07, 6.45) is 10.5. The van der Waals surface area contributed by atoms with E-state index in [9.17, 15) is 0 Å². The van der Waals surface area contributed by atoms with Gasteiger partial charge in [0, 0.05) is 6.61 Å². The van der Waals surface area contributed by atoms with Crippen LogP contribution in [0, 0.1) is 0 Å². The third kappa shape index (κ3) is 41.5. The molecule has 0 aliphatic heterocycles. The maximum Gasteiger partial charge on any atom is 0.0701 e. The summed E-state index contributed by atoms with van der Waals surface area (Å²) in [6.45, 7) is 14.1. The van der Waals surface area contributed by atoms with Gasteiger partial charge in [0.25, 0.3) is 0 Å². The molecule has 0 aromatic rings. The molecule has 0 spiro atoms. The zero-order chi connectivity index (χ0) is 31.7. The molecule has 0 unspecified atom stereocenters. The molecule has 1 N–H and O–H groups in total. The Morgan fingerprint density at radius 3 is 0.705 bits per heavy atom. The highest BCUT2D eigenvalue weighted by Gasteiger charge is 1.97. The lowest BCUT2D eigenvalue weighted by atomic mass is 10.1. The Morgan fingerprint density at radius 1 is 0.250 bits per heavy atom. The van der Waals surface area contributed by atoms with Gasteiger partial charge in [-0.05, 0) is 6.42 Å². The van der Waals surface area contributed by atoms with Crippen LogP contribution in [-0.4, -0.2) is 157 Å².